The number of nitrogens with two attached hydrogens (primary N) is 1. The highest BCUT2D eigenvalue weighted by Gasteiger charge is 2.27. The second-order valence-electron chi connectivity index (χ2n) is 4.71. The molecule has 0 amide bonds. The molecule has 0 aliphatic heterocycles. The lowest BCUT2D eigenvalue weighted by molar-refractivity contribution is 0.0826. The van der Waals surface area contributed by atoms with Crippen LogP contribution in [0.4, 0.5) is 0 Å². The van der Waals surface area contributed by atoms with Crippen LogP contribution in [0, 0.1) is 0 Å². The van der Waals surface area contributed by atoms with Gasteiger partial charge in [-0.15, -0.1) is 0 Å². The minimum Gasteiger partial charge on any atom is -0.329 e. The SMILES string of the molecule is CC(CN)N(CCN(C)C)C1CCC1. The lowest BCUT2D eigenvalue weighted by Crippen LogP contribution is -2.50. The molecule has 1 aliphatic rings. The van der Waals surface area contributed by atoms with Gasteiger partial charge in [0.05, 0.1) is 0 Å². The van der Waals surface area contributed by atoms with Crippen LogP contribution in [0.2, 0.25) is 0 Å². The molecule has 1 unspecified atom stereocenters. The van der Waals surface area contributed by atoms with E-state index < -0.39 is 0 Å². The predicted octanol–water partition coefficient (Wildman–Crippen LogP) is 0.750. The largest absolute Gasteiger partial charge is 0.329 e. The van der Waals surface area contributed by atoms with Gasteiger partial charge in [0.15, 0.2) is 0 Å². The quantitative estimate of drug-likeness (QED) is 0.685. The summed E-state index contributed by atoms with van der Waals surface area (Å²) in [5, 5.41) is 0. The first-order valence-electron chi connectivity index (χ1n) is 5.75. The van der Waals surface area contributed by atoms with Crippen molar-refractivity contribution in [2.75, 3.05) is 33.7 Å². The van der Waals surface area contributed by atoms with Crippen LogP contribution in [-0.2, 0) is 0 Å². The molecule has 0 aromatic heterocycles. The van der Waals surface area contributed by atoms with Crippen molar-refractivity contribution in [2.45, 2.75) is 38.3 Å². The number of nitrogens with zero attached hydrogens (tertiary/aromatic N) is 2. The molecule has 84 valence electrons. The first kappa shape index (κ1) is 12.0. The molecule has 1 rings (SSSR count). The zero-order chi connectivity index (χ0) is 10.6. The number of likely N-dealkylation sites (N-methyl/N-ethyl adjacent to an activating group) is 1. The Morgan fingerprint density at radius 2 is 1.93 bits per heavy atom. The average molecular weight is 199 g/mol. The maximum atomic E-state index is 5.74. The van der Waals surface area contributed by atoms with Crippen molar-refractivity contribution in [3.8, 4) is 0 Å². The van der Waals surface area contributed by atoms with E-state index in [4.69, 9.17) is 5.73 Å². The lowest BCUT2D eigenvalue weighted by Gasteiger charge is -2.41. The second kappa shape index (κ2) is 5.69. The van der Waals surface area contributed by atoms with Gasteiger partial charge in [0.25, 0.3) is 0 Å². The van der Waals surface area contributed by atoms with E-state index in [2.05, 4.69) is 30.8 Å². The fourth-order valence-electron chi connectivity index (χ4n) is 1.93. The Balaban J connectivity index is 2.35. The van der Waals surface area contributed by atoms with Crippen LogP contribution in [0.3, 0.4) is 0 Å². The summed E-state index contributed by atoms with van der Waals surface area (Å²) in [6.07, 6.45) is 4.15. The molecule has 0 aromatic carbocycles. The minimum absolute atomic E-state index is 0.542. The molecule has 2 N–H and O–H groups in total. The Morgan fingerprint density at radius 3 is 2.29 bits per heavy atom. The third-order valence-corrected chi connectivity index (χ3v) is 3.26. The second-order valence-corrected chi connectivity index (χ2v) is 4.71. The Hall–Kier alpha value is -0.120. The summed E-state index contributed by atoms with van der Waals surface area (Å²) in [6.45, 7) is 5.33. The molecule has 1 fully saturated rings. The van der Waals surface area contributed by atoms with Crippen molar-refractivity contribution in [1.29, 1.82) is 0 Å². The summed E-state index contributed by atoms with van der Waals surface area (Å²) >= 11 is 0. The molecule has 3 nitrogen and oxygen atoms in total. The third-order valence-electron chi connectivity index (χ3n) is 3.26. The number of hydrogen-bond donors (Lipinski definition) is 1. The first-order chi connectivity index (χ1) is 6.65. The highest BCUT2D eigenvalue weighted by molar-refractivity contribution is 4.84. The van der Waals surface area contributed by atoms with E-state index in [0.717, 1.165) is 25.7 Å². The van der Waals surface area contributed by atoms with Crippen LogP contribution in [0.15, 0.2) is 0 Å². The molecule has 0 heterocycles. The van der Waals surface area contributed by atoms with E-state index in [1.807, 2.05) is 0 Å². The van der Waals surface area contributed by atoms with Crippen molar-refractivity contribution in [3.63, 3.8) is 0 Å². The zero-order valence-corrected chi connectivity index (χ0v) is 9.87. The maximum Gasteiger partial charge on any atom is 0.0193 e. The van der Waals surface area contributed by atoms with Crippen LogP contribution in [0.5, 0.6) is 0 Å². The lowest BCUT2D eigenvalue weighted by atomic mass is 9.90. The summed E-state index contributed by atoms with van der Waals surface area (Å²) in [5.41, 5.74) is 5.74. The van der Waals surface area contributed by atoms with Gasteiger partial charge < -0.3 is 10.6 Å². The number of hydrogen-bond acceptors (Lipinski definition) is 3. The topological polar surface area (TPSA) is 32.5 Å². The molecular weight excluding hydrogens is 174 g/mol. The Labute approximate surface area is 88.2 Å². The van der Waals surface area contributed by atoms with Gasteiger partial charge in [0, 0.05) is 31.7 Å². The summed E-state index contributed by atoms with van der Waals surface area (Å²) in [7, 11) is 4.26. The monoisotopic (exact) mass is 199 g/mol. The fraction of sp³-hybridized carbons (Fsp3) is 1.00. The zero-order valence-electron chi connectivity index (χ0n) is 9.87. The molecule has 0 bridgehead atoms. The summed E-state index contributed by atoms with van der Waals surface area (Å²) in [6, 6.07) is 1.36. The van der Waals surface area contributed by atoms with Gasteiger partial charge in [0.1, 0.15) is 0 Å². The van der Waals surface area contributed by atoms with Crippen LogP contribution < -0.4 is 5.73 Å². The summed E-state index contributed by atoms with van der Waals surface area (Å²) in [5.74, 6) is 0. The van der Waals surface area contributed by atoms with Crippen molar-refractivity contribution in [2.24, 2.45) is 5.73 Å². The molecule has 3 heteroatoms. The number of rotatable bonds is 6. The van der Waals surface area contributed by atoms with Crippen molar-refractivity contribution in [3.05, 3.63) is 0 Å². The predicted molar refractivity (Wildman–Crippen MR) is 61.4 cm³/mol. The van der Waals surface area contributed by atoms with E-state index in [-0.39, 0.29) is 0 Å². The summed E-state index contributed by atoms with van der Waals surface area (Å²) in [4.78, 5) is 4.83. The molecule has 0 radical (unpaired) electrons. The van der Waals surface area contributed by atoms with E-state index >= 15 is 0 Å². The van der Waals surface area contributed by atoms with Crippen molar-refractivity contribution >= 4 is 0 Å². The van der Waals surface area contributed by atoms with Gasteiger partial charge in [-0.05, 0) is 33.9 Å². The maximum absolute atomic E-state index is 5.74. The Bertz CT molecular complexity index is 150. The van der Waals surface area contributed by atoms with E-state index in [1.54, 1.807) is 0 Å². The normalized spacial score (nSPS) is 20.1. The van der Waals surface area contributed by atoms with Crippen LogP contribution in [0.1, 0.15) is 26.2 Å². The van der Waals surface area contributed by atoms with Gasteiger partial charge in [0.2, 0.25) is 0 Å². The first-order valence-corrected chi connectivity index (χ1v) is 5.75. The van der Waals surface area contributed by atoms with Crippen LogP contribution in [0.25, 0.3) is 0 Å². The molecule has 0 saturated heterocycles. The van der Waals surface area contributed by atoms with E-state index in [1.165, 1.54) is 19.3 Å². The van der Waals surface area contributed by atoms with Gasteiger partial charge >= 0.3 is 0 Å². The van der Waals surface area contributed by atoms with Gasteiger partial charge in [-0.1, -0.05) is 6.42 Å². The molecular formula is C11H25N3. The van der Waals surface area contributed by atoms with Crippen molar-refractivity contribution < 1.29 is 0 Å². The van der Waals surface area contributed by atoms with Crippen LogP contribution in [-0.4, -0.2) is 55.6 Å². The third kappa shape index (κ3) is 3.23. The molecule has 1 aliphatic carbocycles. The fourth-order valence-corrected chi connectivity index (χ4v) is 1.93. The molecule has 1 atom stereocenters. The Kier molecular flexibility index (Phi) is 4.85. The van der Waals surface area contributed by atoms with Gasteiger partial charge in [-0.2, -0.15) is 0 Å². The minimum atomic E-state index is 0.542. The molecule has 0 aromatic rings. The van der Waals surface area contributed by atoms with E-state index in [9.17, 15) is 0 Å². The van der Waals surface area contributed by atoms with Crippen LogP contribution >= 0.6 is 0 Å². The molecule has 0 spiro atoms. The highest BCUT2D eigenvalue weighted by atomic mass is 15.2. The average Bonchev–Trinajstić information content (AvgIpc) is 2.07. The van der Waals surface area contributed by atoms with Gasteiger partial charge in [-0.25, -0.2) is 0 Å². The summed E-state index contributed by atoms with van der Waals surface area (Å²) < 4.78 is 0. The smallest absolute Gasteiger partial charge is 0.0193 e. The van der Waals surface area contributed by atoms with E-state index in [0.29, 0.717) is 6.04 Å². The Morgan fingerprint density at radius 1 is 1.29 bits per heavy atom. The van der Waals surface area contributed by atoms with Crippen molar-refractivity contribution in [1.82, 2.24) is 9.80 Å². The molecule has 1 saturated carbocycles. The highest BCUT2D eigenvalue weighted by Crippen LogP contribution is 2.25. The molecule has 14 heavy (non-hydrogen) atoms. The van der Waals surface area contributed by atoms with Gasteiger partial charge in [-0.3, -0.25) is 4.90 Å². The standard InChI is InChI=1S/C11H25N3/c1-10(9-12)14(8-7-13(2)3)11-5-4-6-11/h10-11H,4-9,12H2,1-3H3.